The Morgan fingerprint density at radius 3 is 1.97 bits per heavy atom. The molecule has 3 aromatic rings. The molecule has 7 heteroatoms. The molecule has 1 amide bonds. The lowest BCUT2D eigenvalue weighted by Crippen LogP contribution is -2.48. The Labute approximate surface area is 208 Å². The second-order valence-corrected chi connectivity index (χ2v) is 11.2. The zero-order valence-electron chi connectivity index (χ0n) is 20.6. The third-order valence-corrected chi connectivity index (χ3v) is 7.64. The number of hydrogen-bond donors (Lipinski definition) is 0. The van der Waals surface area contributed by atoms with Crippen molar-refractivity contribution in [1.29, 1.82) is 0 Å². The summed E-state index contributed by atoms with van der Waals surface area (Å²) in [5.74, 6) is 0.0191. The van der Waals surface area contributed by atoms with Gasteiger partial charge in [0.2, 0.25) is 10.0 Å². The average Bonchev–Trinajstić information content (AvgIpc) is 2.84. The van der Waals surface area contributed by atoms with E-state index in [1.807, 2.05) is 55.1 Å². The summed E-state index contributed by atoms with van der Waals surface area (Å²) in [6.45, 7) is 8.04. The summed E-state index contributed by atoms with van der Waals surface area (Å²) >= 11 is 0. The van der Waals surface area contributed by atoms with Crippen LogP contribution in [0.15, 0.2) is 72.8 Å². The Balaban J connectivity index is 1.40. The molecule has 35 heavy (non-hydrogen) atoms. The molecule has 1 saturated heterocycles. The van der Waals surface area contributed by atoms with E-state index >= 15 is 0 Å². The van der Waals surface area contributed by atoms with Crippen LogP contribution in [0.3, 0.4) is 0 Å². The fourth-order valence-electron chi connectivity index (χ4n) is 4.61. The molecule has 3 aromatic carbocycles. The standard InChI is InChI=1S/C28H33N3O3S/c1-22-8-7-9-23(2)27(22)31(35(3,33)34)21-25-12-14-26(15-13-25)28(32)30-18-16-29(17-19-30)20-24-10-5-4-6-11-24/h4-15H,16-21H2,1-3H3. The van der Waals surface area contributed by atoms with Crippen LogP contribution in [0.2, 0.25) is 0 Å². The maximum absolute atomic E-state index is 13.1. The molecule has 4 rings (SSSR count). The number of anilines is 1. The second kappa shape index (κ2) is 10.6. The van der Waals surface area contributed by atoms with E-state index in [0.717, 1.165) is 36.3 Å². The normalized spacial score (nSPS) is 14.7. The van der Waals surface area contributed by atoms with E-state index in [4.69, 9.17) is 0 Å². The van der Waals surface area contributed by atoms with Gasteiger partial charge in [-0.2, -0.15) is 0 Å². The average molecular weight is 492 g/mol. The van der Waals surface area contributed by atoms with Gasteiger partial charge in [-0.25, -0.2) is 8.42 Å². The molecule has 0 bridgehead atoms. The van der Waals surface area contributed by atoms with E-state index in [-0.39, 0.29) is 12.5 Å². The quantitative estimate of drug-likeness (QED) is 0.496. The fraction of sp³-hybridized carbons (Fsp3) is 0.321. The highest BCUT2D eigenvalue weighted by atomic mass is 32.2. The number of amides is 1. The van der Waals surface area contributed by atoms with Gasteiger partial charge >= 0.3 is 0 Å². The zero-order chi connectivity index (χ0) is 25.0. The molecular formula is C28H33N3O3S. The molecule has 0 spiro atoms. The van der Waals surface area contributed by atoms with Crippen molar-refractivity contribution >= 4 is 21.6 Å². The number of para-hydroxylation sites is 1. The summed E-state index contributed by atoms with van der Waals surface area (Å²) in [5.41, 5.74) is 5.28. The second-order valence-electron chi connectivity index (χ2n) is 9.26. The first-order chi connectivity index (χ1) is 16.7. The minimum atomic E-state index is -3.48. The van der Waals surface area contributed by atoms with E-state index in [9.17, 15) is 13.2 Å². The molecule has 1 fully saturated rings. The minimum Gasteiger partial charge on any atom is -0.336 e. The van der Waals surface area contributed by atoms with Crippen molar-refractivity contribution in [1.82, 2.24) is 9.80 Å². The number of rotatable bonds is 7. The first-order valence-corrected chi connectivity index (χ1v) is 13.8. The highest BCUT2D eigenvalue weighted by Gasteiger charge is 2.24. The van der Waals surface area contributed by atoms with Gasteiger partial charge in [-0.3, -0.25) is 14.0 Å². The summed E-state index contributed by atoms with van der Waals surface area (Å²) in [6.07, 6.45) is 1.23. The van der Waals surface area contributed by atoms with Crippen molar-refractivity contribution in [3.05, 3.63) is 101 Å². The van der Waals surface area contributed by atoms with Gasteiger partial charge in [0, 0.05) is 38.3 Å². The number of nitrogens with zero attached hydrogens (tertiary/aromatic N) is 3. The zero-order valence-corrected chi connectivity index (χ0v) is 21.5. The molecule has 0 saturated carbocycles. The summed E-state index contributed by atoms with van der Waals surface area (Å²) in [6, 6.07) is 23.5. The van der Waals surface area contributed by atoms with Crippen molar-refractivity contribution in [2.24, 2.45) is 0 Å². The molecular weight excluding hydrogens is 458 g/mol. The van der Waals surface area contributed by atoms with Gasteiger partial charge in [0.15, 0.2) is 0 Å². The molecule has 0 N–H and O–H groups in total. The molecule has 0 radical (unpaired) electrons. The molecule has 0 aliphatic carbocycles. The first kappa shape index (κ1) is 24.9. The Morgan fingerprint density at radius 2 is 1.40 bits per heavy atom. The molecule has 1 aliphatic rings. The van der Waals surface area contributed by atoms with Crippen LogP contribution in [0.25, 0.3) is 0 Å². The number of benzene rings is 3. The lowest BCUT2D eigenvalue weighted by atomic mass is 10.1. The van der Waals surface area contributed by atoms with Gasteiger partial charge in [0.1, 0.15) is 0 Å². The maximum atomic E-state index is 13.1. The van der Waals surface area contributed by atoms with Crippen LogP contribution in [-0.2, 0) is 23.1 Å². The third kappa shape index (κ3) is 6.10. The van der Waals surface area contributed by atoms with Gasteiger partial charge in [-0.05, 0) is 48.2 Å². The van der Waals surface area contributed by atoms with Crippen molar-refractivity contribution in [3.63, 3.8) is 0 Å². The monoisotopic (exact) mass is 491 g/mol. The molecule has 1 aliphatic heterocycles. The highest BCUT2D eigenvalue weighted by molar-refractivity contribution is 7.92. The van der Waals surface area contributed by atoms with Crippen LogP contribution in [0.4, 0.5) is 5.69 Å². The van der Waals surface area contributed by atoms with Gasteiger partial charge in [-0.1, -0.05) is 60.7 Å². The van der Waals surface area contributed by atoms with Crippen molar-refractivity contribution in [2.45, 2.75) is 26.9 Å². The molecule has 0 aromatic heterocycles. The van der Waals surface area contributed by atoms with Crippen LogP contribution in [-0.4, -0.2) is 56.6 Å². The smallest absolute Gasteiger partial charge is 0.253 e. The van der Waals surface area contributed by atoms with Crippen LogP contribution in [0.5, 0.6) is 0 Å². The number of hydrogen-bond acceptors (Lipinski definition) is 4. The Hall–Kier alpha value is -3.16. The summed E-state index contributed by atoms with van der Waals surface area (Å²) in [7, 11) is -3.48. The minimum absolute atomic E-state index is 0.0191. The lowest BCUT2D eigenvalue weighted by molar-refractivity contribution is 0.0628. The molecule has 1 heterocycles. The van der Waals surface area contributed by atoms with Gasteiger partial charge < -0.3 is 4.90 Å². The molecule has 184 valence electrons. The van der Waals surface area contributed by atoms with Crippen molar-refractivity contribution in [2.75, 3.05) is 36.7 Å². The first-order valence-electron chi connectivity index (χ1n) is 11.9. The Morgan fingerprint density at radius 1 is 0.800 bits per heavy atom. The third-order valence-electron chi connectivity index (χ3n) is 6.52. The summed E-state index contributed by atoms with van der Waals surface area (Å²) < 4.78 is 26.7. The molecule has 0 unspecified atom stereocenters. The van der Waals surface area contributed by atoms with Gasteiger partial charge in [-0.15, -0.1) is 0 Å². The fourth-order valence-corrected chi connectivity index (χ4v) is 5.62. The van der Waals surface area contributed by atoms with Gasteiger partial charge in [0.25, 0.3) is 5.91 Å². The highest BCUT2D eigenvalue weighted by Crippen LogP contribution is 2.28. The Kier molecular flexibility index (Phi) is 7.57. The van der Waals surface area contributed by atoms with Crippen molar-refractivity contribution < 1.29 is 13.2 Å². The Bertz CT molecular complexity index is 1250. The number of piperazine rings is 1. The van der Waals surface area contributed by atoms with Crippen molar-refractivity contribution in [3.8, 4) is 0 Å². The molecule has 0 atom stereocenters. The number of aryl methyl sites for hydroxylation is 2. The topological polar surface area (TPSA) is 60.9 Å². The number of sulfonamides is 1. The van der Waals surface area contributed by atoms with Crippen LogP contribution >= 0.6 is 0 Å². The lowest BCUT2D eigenvalue weighted by Gasteiger charge is -2.34. The van der Waals surface area contributed by atoms with E-state index in [1.54, 1.807) is 12.1 Å². The maximum Gasteiger partial charge on any atom is 0.253 e. The largest absolute Gasteiger partial charge is 0.336 e. The van der Waals surface area contributed by atoms with E-state index in [2.05, 4.69) is 29.2 Å². The number of carbonyl (C=O) groups excluding carboxylic acids is 1. The van der Waals surface area contributed by atoms with Crippen LogP contribution < -0.4 is 4.31 Å². The summed E-state index contributed by atoms with van der Waals surface area (Å²) in [5, 5.41) is 0. The molecule has 6 nitrogen and oxygen atoms in total. The van der Waals surface area contributed by atoms with Crippen LogP contribution in [0.1, 0.15) is 32.6 Å². The SMILES string of the molecule is Cc1cccc(C)c1N(Cc1ccc(C(=O)N2CCN(Cc3ccccc3)CC2)cc1)S(C)(=O)=O. The predicted octanol–water partition coefficient (Wildman–Crippen LogP) is 4.23. The van der Waals surface area contributed by atoms with E-state index < -0.39 is 10.0 Å². The summed E-state index contributed by atoms with van der Waals surface area (Å²) in [4.78, 5) is 17.3. The van der Waals surface area contributed by atoms with Crippen LogP contribution in [0, 0.1) is 13.8 Å². The van der Waals surface area contributed by atoms with E-state index in [1.165, 1.54) is 16.1 Å². The number of carbonyl (C=O) groups is 1. The van der Waals surface area contributed by atoms with Gasteiger partial charge in [0.05, 0.1) is 18.5 Å². The van der Waals surface area contributed by atoms with E-state index in [0.29, 0.717) is 24.3 Å². The predicted molar refractivity (Wildman–Crippen MR) is 141 cm³/mol.